The van der Waals surface area contributed by atoms with E-state index < -0.39 is 5.60 Å². The Labute approximate surface area is 102 Å². The number of aliphatic hydroxyl groups is 1. The molecule has 16 heavy (non-hydrogen) atoms. The third-order valence-electron chi connectivity index (χ3n) is 3.00. The highest BCUT2D eigenvalue weighted by atomic mass is 35.5. The maximum absolute atomic E-state index is 10.1. The fourth-order valence-corrected chi connectivity index (χ4v) is 2.01. The van der Waals surface area contributed by atoms with Gasteiger partial charge in [-0.15, -0.1) is 0 Å². The molecule has 0 aromatic carbocycles. The van der Waals surface area contributed by atoms with E-state index >= 15 is 0 Å². The van der Waals surface area contributed by atoms with Gasteiger partial charge < -0.3 is 5.11 Å². The van der Waals surface area contributed by atoms with Crippen LogP contribution < -0.4 is 0 Å². The van der Waals surface area contributed by atoms with E-state index in [9.17, 15) is 5.11 Å². The zero-order valence-corrected chi connectivity index (χ0v) is 11.3. The molecule has 4 heteroatoms. The van der Waals surface area contributed by atoms with E-state index in [-0.39, 0.29) is 0 Å². The second kappa shape index (κ2) is 5.19. The normalized spacial score (nSPS) is 15.1. The number of halogens is 1. The van der Waals surface area contributed by atoms with Crippen LogP contribution >= 0.6 is 11.6 Å². The molecule has 0 aliphatic carbocycles. The Bertz CT molecular complexity index is 358. The van der Waals surface area contributed by atoms with Gasteiger partial charge in [0.2, 0.25) is 0 Å². The van der Waals surface area contributed by atoms with Crippen molar-refractivity contribution in [1.29, 1.82) is 0 Å². The van der Waals surface area contributed by atoms with Crippen molar-refractivity contribution in [3.05, 3.63) is 16.4 Å². The van der Waals surface area contributed by atoms with E-state index in [0.29, 0.717) is 12.8 Å². The maximum Gasteiger partial charge on any atom is 0.0850 e. The van der Waals surface area contributed by atoms with Crippen LogP contribution in [0.3, 0.4) is 0 Å². The topological polar surface area (TPSA) is 38.0 Å². The van der Waals surface area contributed by atoms with Gasteiger partial charge in [0.05, 0.1) is 22.0 Å². The van der Waals surface area contributed by atoms with Gasteiger partial charge in [0, 0.05) is 13.0 Å². The van der Waals surface area contributed by atoms with Crippen molar-refractivity contribution in [2.45, 2.75) is 59.1 Å². The predicted molar refractivity (Wildman–Crippen MR) is 66.9 cm³/mol. The maximum atomic E-state index is 10.1. The van der Waals surface area contributed by atoms with Gasteiger partial charge in [-0.25, -0.2) is 0 Å². The molecule has 0 bridgehead atoms. The summed E-state index contributed by atoms with van der Waals surface area (Å²) in [5.41, 5.74) is 1.17. The van der Waals surface area contributed by atoms with Gasteiger partial charge in [-0.3, -0.25) is 4.68 Å². The van der Waals surface area contributed by atoms with Crippen molar-refractivity contribution < 1.29 is 5.11 Å². The SMILES string of the molecule is CCc1nn(CC)c(CC(C)(O)CC)c1Cl. The Balaban J connectivity index is 3.06. The summed E-state index contributed by atoms with van der Waals surface area (Å²) >= 11 is 6.28. The Morgan fingerprint density at radius 3 is 2.44 bits per heavy atom. The minimum absolute atomic E-state index is 0.559. The summed E-state index contributed by atoms with van der Waals surface area (Å²) in [7, 11) is 0. The van der Waals surface area contributed by atoms with Crippen molar-refractivity contribution in [3.63, 3.8) is 0 Å². The van der Waals surface area contributed by atoms with E-state index in [1.165, 1.54) is 0 Å². The molecule has 1 aromatic heterocycles. The lowest BCUT2D eigenvalue weighted by atomic mass is 9.97. The molecule has 1 unspecified atom stereocenters. The van der Waals surface area contributed by atoms with Gasteiger partial charge in [0.1, 0.15) is 0 Å². The van der Waals surface area contributed by atoms with Crippen LogP contribution in [0, 0.1) is 0 Å². The number of aryl methyl sites for hydroxylation is 2. The standard InChI is InChI=1S/C12H21ClN2O/c1-5-9-11(13)10(15(7-3)14-9)8-12(4,16)6-2/h16H,5-8H2,1-4H3. The number of hydrogen-bond donors (Lipinski definition) is 1. The molecule has 0 amide bonds. The molecule has 0 fully saturated rings. The Morgan fingerprint density at radius 1 is 1.38 bits per heavy atom. The molecule has 1 aromatic rings. The first-order chi connectivity index (χ1) is 7.45. The summed E-state index contributed by atoms with van der Waals surface area (Å²) in [5.74, 6) is 0. The van der Waals surface area contributed by atoms with Crippen LogP contribution in [0.25, 0.3) is 0 Å². The molecule has 0 aliphatic rings. The summed E-state index contributed by atoms with van der Waals surface area (Å²) < 4.78 is 1.89. The molecular weight excluding hydrogens is 224 g/mol. The first-order valence-electron chi connectivity index (χ1n) is 5.91. The summed E-state index contributed by atoms with van der Waals surface area (Å²) in [5, 5.41) is 15.3. The zero-order valence-electron chi connectivity index (χ0n) is 10.5. The van der Waals surface area contributed by atoms with E-state index in [0.717, 1.165) is 29.4 Å². The van der Waals surface area contributed by atoms with Gasteiger partial charge in [-0.05, 0) is 26.7 Å². The van der Waals surface area contributed by atoms with Crippen LogP contribution in [0.5, 0.6) is 0 Å². The van der Waals surface area contributed by atoms with Crippen molar-refractivity contribution in [1.82, 2.24) is 9.78 Å². The highest BCUT2D eigenvalue weighted by Gasteiger charge is 2.24. The minimum Gasteiger partial charge on any atom is -0.390 e. The number of hydrogen-bond acceptors (Lipinski definition) is 2. The van der Waals surface area contributed by atoms with E-state index in [4.69, 9.17) is 11.6 Å². The molecule has 0 radical (unpaired) electrons. The van der Waals surface area contributed by atoms with Crippen LogP contribution in [-0.2, 0) is 19.4 Å². The molecule has 1 rings (SSSR count). The third-order valence-corrected chi connectivity index (χ3v) is 3.44. The summed E-state index contributed by atoms with van der Waals surface area (Å²) in [4.78, 5) is 0. The van der Waals surface area contributed by atoms with Crippen molar-refractivity contribution in [3.8, 4) is 0 Å². The van der Waals surface area contributed by atoms with Crippen molar-refractivity contribution in [2.75, 3.05) is 0 Å². The van der Waals surface area contributed by atoms with Gasteiger partial charge in [0.15, 0.2) is 0 Å². The molecule has 0 saturated carbocycles. The van der Waals surface area contributed by atoms with Crippen molar-refractivity contribution in [2.24, 2.45) is 0 Å². The summed E-state index contributed by atoms with van der Waals surface area (Å²) in [6, 6.07) is 0. The largest absolute Gasteiger partial charge is 0.390 e. The Morgan fingerprint density at radius 2 is 2.00 bits per heavy atom. The lowest BCUT2D eigenvalue weighted by molar-refractivity contribution is 0.0543. The zero-order chi connectivity index (χ0) is 12.3. The van der Waals surface area contributed by atoms with Gasteiger partial charge in [-0.1, -0.05) is 25.4 Å². The van der Waals surface area contributed by atoms with Gasteiger partial charge in [-0.2, -0.15) is 5.10 Å². The molecule has 0 saturated heterocycles. The third kappa shape index (κ3) is 2.77. The highest BCUT2D eigenvalue weighted by Crippen LogP contribution is 2.26. The molecule has 3 nitrogen and oxygen atoms in total. The summed E-state index contributed by atoms with van der Waals surface area (Å²) in [6.07, 6.45) is 2.09. The number of rotatable bonds is 5. The van der Waals surface area contributed by atoms with Crippen LogP contribution in [0.4, 0.5) is 0 Å². The molecular formula is C12H21ClN2O. The second-order valence-corrected chi connectivity index (χ2v) is 4.78. The van der Waals surface area contributed by atoms with Crippen LogP contribution in [0.2, 0.25) is 5.02 Å². The average molecular weight is 245 g/mol. The van der Waals surface area contributed by atoms with Crippen molar-refractivity contribution >= 4 is 11.6 Å². The van der Waals surface area contributed by atoms with Crippen LogP contribution in [0.1, 0.15) is 45.5 Å². The van der Waals surface area contributed by atoms with E-state index in [1.807, 2.05) is 32.4 Å². The average Bonchev–Trinajstić information content (AvgIpc) is 2.55. The molecule has 1 heterocycles. The van der Waals surface area contributed by atoms with Gasteiger partial charge in [0.25, 0.3) is 0 Å². The lowest BCUT2D eigenvalue weighted by Gasteiger charge is -2.21. The monoisotopic (exact) mass is 244 g/mol. The fraction of sp³-hybridized carbons (Fsp3) is 0.750. The minimum atomic E-state index is -0.707. The smallest absolute Gasteiger partial charge is 0.0850 e. The number of nitrogens with zero attached hydrogens (tertiary/aromatic N) is 2. The van der Waals surface area contributed by atoms with Crippen LogP contribution in [-0.4, -0.2) is 20.5 Å². The molecule has 1 atom stereocenters. The molecule has 0 aliphatic heterocycles. The lowest BCUT2D eigenvalue weighted by Crippen LogP contribution is -2.27. The molecule has 0 spiro atoms. The Kier molecular flexibility index (Phi) is 4.39. The predicted octanol–water partition coefficient (Wildman–Crippen LogP) is 2.82. The van der Waals surface area contributed by atoms with E-state index in [2.05, 4.69) is 5.10 Å². The van der Waals surface area contributed by atoms with Gasteiger partial charge >= 0.3 is 0 Å². The highest BCUT2D eigenvalue weighted by molar-refractivity contribution is 6.31. The second-order valence-electron chi connectivity index (χ2n) is 4.40. The Hall–Kier alpha value is -0.540. The van der Waals surface area contributed by atoms with Crippen LogP contribution in [0.15, 0.2) is 0 Å². The quantitative estimate of drug-likeness (QED) is 0.865. The first kappa shape index (κ1) is 13.5. The first-order valence-corrected chi connectivity index (χ1v) is 6.29. The van der Waals surface area contributed by atoms with E-state index in [1.54, 1.807) is 0 Å². The fourth-order valence-electron chi connectivity index (χ4n) is 1.67. The summed E-state index contributed by atoms with van der Waals surface area (Å²) in [6.45, 7) is 8.67. The molecule has 1 N–H and O–H groups in total. The number of aromatic nitrogens is 2. The molecule has 92 valence electrons.